The summed E-state index contributed by atoms with van der Waals surface area (Å²) in [6.07, 6.45) is 0. The fraction of sp³-hybridized carbons (Fsp3) is 1.00. The fourth-order valence-corrected chi connectivity index (χ4v) is 0. The first-order valence-electron chi connectivity index (χ1n) is 2.62. The molecule has 45 valence electrons. The second-order valence-electron chi connectivity index (χ2n) is 3.07. The number of hydrogen-bond donors (Lipinski definition) is 0. The van der Waals surface area contributed by atoms with Crippen LogP contribution >= 0.6 is 0 Å². The van der Waals surface area contributed by atoms with Crippen molar-refractivity contribution in [2.24, 2.45) is 0 Å². The Bertz CT molecular complexity index is 59.5. The first-order chi connectivity index (χ1) is 2.94. The number of rotatable bonds is 1. The summed E-state index contributed by atoms with van der Waals surface area (Å²) in [6, 6.07) is 0. The van der Waals surface area contributed by atoms with Gasteiger partial charge in [0, 0.05) is 18.9 Å². The second-order valence-corrected chi connectivity index (χ2v) is 10.5. The molecule has 1 nitrogen and oxygen atoms in total. The second kappa shape index (κ2) is 3.91. The largest absolute Gasteiger partial charge is 0.356 e. The van der Waals surface area contributed by atoms with Crippen LogP contribution in [0, 0.1) is 0 Å². The van der Waals surface area contributed by atoms with E-state index >= 15 is 0 Å². The van der Waals surface area contributed by atoms with E-state index in [0.29, 0.717) is 0 Å². The van der Waals surface area contributed by atoms with E-state index in [2.05, 4.69) is 30.9 Å². The van der Waals surface area contributed by atoms with Crippen LogP contribution in [0.5, 0.6) is 0 Å². The van der Waals surface area contributed by atoms with Gasteiger partial charge in [0.05, 0.1) is 10.4 Å². The van der Waals surface area contributed by atoms with E-state index in [0.717, 1.165) is 0 Å². The molecule has 8 heavy (non-hydrogen) atoms. The molecule has 0 saturated carbocycles. The topological polar surface area (TPSA) is 3.24 Å². The molecule has 0 aliphatic rings. The fourth-order valence-electron chi connectivity index (χ4n) is 0. The van der Waals surface area contributed by atoms with Crippen molar-refractivity contribution >= 4 is 37.5 Å². The van der Waals surface area contributed by atoms with Crippen molar-refractivity contribution in [3.05, 3.63) is 0 Å². The van der Waals surface area contributed by atoms with Crippen LogP contribution in [0.4, 0.5) is 0 Å². The molecular weight excluding hydrogens is 125 g/mol. The third-order valence-corrected chi connectivity index (χ3v) is 8.05. The van der Waals surface area contributed by atoms with Crippen molar-refractivity contribution in [1.82, 2.24) is 4.23 Å². The summed E-state index contributed by atoms with van der Waals surface area (Å²) in [5, 5.41) is 0. The van der Waals surface area contributed by atoms with Crippen LogP contribution in [-0.2, 0) is 0 Å². The summed E-state index contributed by atoms with van der Waals surface area (Å²) >= 11 is 0. The van der Waals surface area contributed by atoms with Gasteiger partial charge in [-0.3, -0.25) is 0 Å². The maximum Gasteiger partial charge on any atom is 0.111 e. The summed E-state index contributed by atoms with van der Waals surface area (Å²) in [5.41, 5.74) is 0. The summed E-state index contributed by atoms with van der Waals surface area (Å²) in [7, 11) is 2.59. The van der Waals surface area contributed by atoms with Gasteiger partial charge in [-0.25, -0.2) is 0 Å². The van der Waals surface area contributed by atoms with Gasteiger partial charge in [0.15, 0.2) is 0 Å². The Balaban J connectivity index is 0. The minimum atomic E-state index is -0.840. The molecular formula is C4H15LiNSi2. The molecule has 0 amide bonds. The summed E-state index contributed by atoms with van der Waals surface area (Å²) in [5.74, 6) is 0. The normalized spacial score (nSPS) is 11.6. The average molecular weight is 140 g/mol. The van der Waals surface area contributed by atoms with Crippen molar-refractivity contribution in [2.45, 2.75) is 19.6 Å². The summed E-state index contributed by atoms with van der Waals surface area (Å²) < 4.78 is 2.47. The van der Waals surface area contributed by atoms with E-state index in [1.165, 1.54) is 10.4 Å². The maximum atomic E-state index is 2.47. The van der Waals surface area contributed by atoms with Gasteiger partial charge in [-0.2, -0.15) is 0 Å². The number of hydrogen-bond acceptors (Lipinski definition) is 1. The van der Waals surface area contributed by atoms with Crippen LogP contribution in [0.3, 0.4) is 0 Å². The van der Waals surface area contributed by atoms with Gasteiger partial charge in [0.25, 0.3) is 0 Å². The predicted octanol–water partition coefficient (Wildman–Crippen LogP) is -0.347. The van der Waals surface area contributed by atoms with Gasteiger partial charge in [0.2, 0.25) is 0 Å². The zero-order valence-electron chi connectivity index (χ0n) is 6.95. The third-order valence-electron chi connectivity index (χ3n) is 1.34. The molecule has 0 N–H and O–H groups in total. The SMILES string of the molecule is CN([SiH3])[Si](C)(C)C.[Li]. The van der Waals surface area contributed by atoms with E-state index in [1.54, 1.807) is 0 Å². The van der Waals surface area contributed by atoms with Crippen LogP contribution < -0.4 is 0 Å². The Morgan fingerprint density at radius 3 is 1.38 bits per heavy atom. The third kappa shape index (κ3) is 5.13. The van der Waals surface area contributed by atoms with Gasteiger partial charge in [-0.15, -0.1) is 0 Å². The standard InChI is InChI=1S/C4H15NSi2.Li/c1-5(6)7(2,3)4;/h1-4,6H3;. The Labute approximate surface area is 68.6 Å². The Morgan fingerprint density at radius 2 is 1.38 bits per heavy atom. The molecule has 0 atom stereocenters. The van der Waals surface area contributed by atoms with E-state index < -0.39 is 8.24 Å². The zero-order valence-corrected chi connectivity index (χ0v) is 9.95. The summed E-state index contributed by atoms with van der Waals surface area (Å²) in [6.45, 7) is 7.08. The van der Waals surface area contributed by atoms with Gasteiger partial charge < -0.3 is 4.23 Å². The molecule has 0 spiro atoms. The van der Waals surface area contributed by atoms with Crippen LogP contribution in [0.2, 0.25) is 19.6 Å². The van der Waals surface area contributed by atoms with E-state index in [4.69, 9.17) is 0 Å². The first kappa shape index (κ1) is 11.7. The van der Waals surface area contributed by atoms with E-state index in [9.17, 15) is 0 Å². The maximum absolute atomic E-state index is 2.47. The first-order valence-corrected chi connectivity index (χ1v) is 6.96. The van der Waals surface area contributed by atoms with Crippen LogP contribution in [0.1, 0.15) is 0 Å². The average Bonchev–Trinajstić information content (AvgIpc) is 1.31. The molecule has 4 heteroatoms. The molecule has 0 unspecified atom stereocenters. The smallest absolute Gasteiger partial charge is 0.111 e. The van der Waals surface area contributed by atoms with Gasteiger partial charge in [0.1, 0.15) is 8.24 Å². The number of nitrogens with zero attached hydrogens (tertiary/aromatic N) is 1. The van der Waals surface area contributed by atoms with Crippen molar-refractivity contribution in [3.63, 3.8) is 0 Å². The Kier molecular flexibility index (Phi) is 5.75. The molecule has 0 fully saturated rings. The van der Waals surface area contributed by atoms with Gasteiger partial charge in [-0.05, 0) is 7.05 Å². The van der Waals surface area contributed by atoms with Crippen molar-refractivity contribution in [3.8, 4) is 0 Å². The van der Waals surface area contributed by atoms with Crippen molar-refractivity contribution in [1.29, 1.82) is 0 Å². The quantitative estimate of drug-likeness (QED) is 0.450. The molecule has 0 saturated heterocycles. The van der Waals surface area contributed by atoms with Crippen LogP contribution in [-0.4, -0.2) is 48.8 Å². The molecule has 0 aliphatic heterocycles. The zero-order chi connectivity index (χ0) is 6.08. The molecule has 0 bridgehead atoms. The minimum absolute atomic E-state index is 0. The molecule has 0 aromatic rings. The van der Waals surface area contributed by atoms with Gasteiger partial charge >= 0.3 is 0 Å². The molecule has 0 aromatic carbocycles. The minimum Gasteiger partial charge on any atom is -0.356 e. The van der Waals surface area contributed by atoms with E-state index in [-0.39, 0.29) is 18.9 Å². The van der Waals surface area contributed by atoms with Crippen molar-refractivity contribution in [2.75, 3.05) is 7.05 Å². The summed E-state index contributed by atoms with van der Waals surface area (Å²) in [4.78, 5) is 0. The van der Waals surface area contributed by atoms with Crippen LogP contribution in [0.15, 0.2) is 0 Å². The van der Waals surface area contributed by atoms with E-state index in [1.807, 2.05) is 0 Å². The molecule has 0 aromatic heterocycles. The molecule has 1 radical (unpaired) electrons. The van der Waals surface area contributed by atoms with Gasteiger partial charge in [-0.1, -0.05) is 19.6 Å². The van der Waals surface area contributed by atoms with Crippen LogP contribution in [0.25, 0.3) is 0 Å². The Hall–Kier alpha value is 0.991. The Morgan fingerprint density at radius 1 is 1.25 bits per heavy atom. The predicted molar refractivity (Wildman–Crippen MR) is 46.8 cm³/mol. The van der Waals surface area contributed by atoms with Crippen molar-refractivity contribution < 1.29 is 0 Å². The molecule has 0 rings (SSSR count). The monoisotopic (exact) mass is 140 g/mol. The molecule has 0 heterocycles. The molecule has 0 aliphatic carbocycles.